The lowest BCUT2D eigenvalue weighted by Crippen LogP contribution is -2.43. The van der Waals surface area contributed by atoms with Crippen molar-refractivity contribution in [3.63, 3.8) is 0 Å². The molecule has 6 rings (SSSR count). The molecule has 43 heavy (non-hydrogen) atoms. The average Bonchev–Trinajstić information content (AvgIpc) is 3.45. The number of anilines is 4. The van der Waals surface area contributed by atoms with Gasteiger partial charge in [-0.15, -0.1) is 0 Å². The van der Waals surface area contributed by atoms with Crippen LogP contribution in [0.5, 0.6) is 0 Å². The zero-order valence-electron chi connectivity index (χ0n) is 25.1. The van der Waals surface area contributed by atoms with Crippen molar-refractivity contribution in [2.75, 3.05) is 54.9 Å². The number of nitrogens with one attached hydrogen (secondary N) is 2. The van der Waals surface area contributed by atoms with Gasteiger partial charge in [0.05, 0.1) is 25.6 Å². The SMILES string of the molecule is CC(C)(C)OC(=O)N1CCCC(n2cnc3c(NCc4ccccc4)nc(Nc4ccc(N5CCOCC5)cc4)nc32)C1. The third-order valence-electron chi connectivity index (χ3n) is 7.67. The van der Waals surface area contributed by atoms with Crippen LogP contribution in [0.25, 0.3) is 11.2 Å². The molecule has 2 aromatic carbocycles. The Labute approximate surface area is 252 Å². The summed E-state index contributed by atoms with van der Waals surface area (Å²) in [4.78, 5) is 31.5. The second kappa shape index (κ2) is 12.5. The van der Waals surface area contributed by atoms with Crippen LogP contribution in [-0.2, 0) is 16.0 Å². The largest absolute Gasteiger partial charge is 0.444 e. The highest BCUT2D eigenvalue weighted by atomic mass is 16.6. The molecule has 0 aliphatic carbocycles. The third-order valence-corrected chi connectivity index (χ3v) is 7.67. The summed E-state index contributed by atoms with van der Waals surface area (Å²) in [6.45, 7) is 10.7. The number of imidazole rings is 1. The molecule has 11 heteroatoms. The van der Waals surface area contributed by atoms with Crippen LogP contribution < -0.4 is 15.5 Å². The maximum atomic E-state index is 12.9. The molecular formula is C32H40N8O3. The maximum Gasteiger partial charge on any atom is 0.410 e. The fourth-order valence-corrected chi connectivity index (χ4v) is 5.52. The molecule has 2 aromatic heterocycles. The van der Waals surface area contributed by atoms with Gasteiger partial charge in [0.2, 0.25) is 5.95 Å². The first-order chi connectivity index (χ1) is 20.8. The van der Waals surface area contributed by atoms with Crippen LogP contribution in [0.4, 0.5) is 27.9 Å². The number of piperidine rings is 1. The fraction of sp³-hybridized carbons (Fsp3) is 0.438. The first kappa shape index (κ1) is 28.7. The third kappa shape index (κ3) is 6.99. The number of hydrogen-bond acceptors (Lipinski definition) is 9. The summed E-state index contributed by atoms with van der Waals surface area (Å²) in [5.41, 5.74) is 4.07. The molecule has 1 atom stereocenters. The number of fused-ring (bicyclic) bond motifs is 1. The van der Waals surface area contributed by atoms with Crippen LogP contribution >= 0.6 is 0 Å². The van der Waals surface area contributed by atoms with E-state index in [9.17, 15) is 4.79 Å². The van der Waals surface area contributed by atoms with Crippen molar-refractivity contribution in [3.8, 4) is 0 Å². The Bertz CT molecular complexity index is 1530. The van der Waals surface area contributed by atoms with Gasteiger partial charge in [0.1, 0.15) is 5.60 Å². The van der Waals surface area contributed by atoms with E-state index in [-0.39, 0.29) is 12.1 Å². The lowest BCUT2D eigenvalue weighted by molar-refractivity contribution is 0.0174. The molecule has 2 aliphatic rings. The van der Waals surface area contributed by atoms with E-state index in [1.165, 1.54) is 5.69 Å². The van der Waals surface area contributed by atoms with E-state index in [0.717, 1.165) is 50.4 Å². The van der Waals surface area contributed by atoms with E-state index in [4.69, 9.17) is 24.4 Å². The van der Waals surface area contributed by atoms with Crippen LogP contribution in [0.3, 0.4) is 0 Å². The predicted octanol–water partition coefficient (Wildman–Crippen LogP) is 5.59. The smallest absolute Gasteiger partial charge is 0.410 e. The van der Waals surface area contributed by atoms with Crippen molar-refractivity contribution in [2.45, 2.75) is 51.8 Å². The summed E-state index contributed by atoms with van der Waals surface area (Å²) in [7, 11) is 0. The number of rotatable bonds is 7. The zero-order valence-corrected chi connectivity index (χ0v) is 25.1. The Morgan fingerprint density at radius 1 is 1.02 bits per heavy atom. The molecule has 1 unspecified atom stereocenters. The van der Waals surface area contributed by atoms with Crippen molar-refractivity contribution in [3.05, 3.63) is 66.5 Å². The van der Waals surface area contributed by atoms with Crippen molar-refractivity contribution >= 4 is 40.4 Å². The number of carbonyl (C=O) groups excluding carboxylic acids is 1. The van der Waals surface area contributed by atoms with Crippen molar-refractivity contribution in [1.82, 2.24) is 24.4 Å². The number of aromatic nitrogens is 4. The summed E-state index contributed by atoms with van der Waals surface area (Å²) in [5, 5.41) is 6.89. The van der Waals surface area contributed by atoms with Gasteiger partial charge in [0.25, 0.3) is 0 Å². The minimum atomic E-state index is -0.542. The Morgan fingerprint density at radius 2 is 1.79 bits per heavy atom. The number of carbonyl (C=O) groups is 1. The minimum absolute atomic E-state index is 0.0174. The Morgan fingerprint density at radius 3 is 2.53 bits per heavy atom. The molecule has 0 spiro atoms. The second-order valence-electron chi connectivity index (χ2n) is 12.1. The molecule has 0 radical (unpaired) electrons. The Balaban J connectivity index is 1.28. The highest BCUT2D eigenvalue weighted by Crippen LogP contribution is 2.30. The summed E-state index contributed by atoms with van der Waals surface area (Å²) >= 11 is 0. The Hall–Kier alpha value is -4.38. The molecule has 0 bridgehead atoms. The molecule has 226 valence electrons. The van der Waals surface area contributed by atoms with E-state index >= 15 is 0 Å². The number of nitrogens with zero attached hydrogens (tertiary/aromatic N) is 6. The number of hydrogen-bond donors (Lipinski definition) is 2. The Kier molecular flexibility index (Phi) is 8.33. The first-order valence-corrected chi connectivity index (χ1v) is 15.0. The van der Waals surface area contributed by atoms with Gasteiger partial charge in [-0.3, -0.25) is 0 Å². The molecule has 2 aliphatic heterocycles. The van der Waals surface area contributed by atoms with Gasteiger partial charge in [0, 0.05) is 44.1 Å². The molecule has 4 heterocycles. The number of amides is 1. The van der Waals surface area contributed by atoms with Crippen LogP contribution in [0.1, 0.15) is 45.2 Å². The molecule has 2 fully saturated rings. The second-order valence-corrected chi connectivity index (χ2v) is 12.1. The van der Waals surface area contributed by atoms with E-state index in [2.05, 4.69) is 44.4 Å². The topological polar surface area (TPSA) is 110 Å². The molecular weight excluding hydrogens is 544 g/mol. The number of benzene rings is 2. The number of likely N-dealkylation sites (tertiary alicyclic amines) is 1. The van der Waals surface area contributed by atoms with Crippen LogP contribution in [0, 0.1) is 0 Å². The molecule has 0 saturated carbocycles. The molecule has 1 amide bonds. The standard InChI is InChI=1S/C32H40N8O3/c1-32(2,3)43-31(41)39-15-7-10-26(21-39)40-22-34-27-28(33-20-23-8-5-4-6-9-23)36-30(37-29(27)40)35-24-11-13-25(14-12-24)38-16-18-42-19-17-38/h4-6,8-9,11-14,22,26H,7,10,15-21H2,1-3H3,(H2,33,35,36,37). The average molecular weight is 585 g/mol. The van der Waals surface area contributed by atoms with Crippen LogP contribution in [0.15, 0.2) is 60.9 Å². The summed E-state index contributed by atoms with van der Waals surface area (Å²) in [6, 6.07) is 18.5. The summed E-state index contributed by atoms with van der Waals surface area (Å²) in [5.74, 6) is 1.13. The van der Waals surface area contributed by atoms with E-state index in [1.54, 1.807) is 4.90 Å². The molecule has 2 saturated heterocycles. The molecule has 2 N–H and O–H groups in total. The lowest BCUT2D eigenvalue weighted by atomic mass is 10.1. The van der Waals surface area contributed by atoms with Crippen molar-refractivity contribution < 1.29 is 14.3 Å². The van der Waals surface area contributed by atoms with Gasteiger partial charge in [-0.1, -0.05) is 30.3 Å². The monoisotopic (exact) mass is 584 g/mol. The van der Waals surface area contributed by atoms with Crippen molar-refractivity contribution in [2.24, 2.45) is 0 Å². The number of ether oxygens (including phenoxy) is 2. The van der Waals surface area contributed by atoms with E-state index in [0.29, 0.717) is 42.6 Å². The molecule has 4 aromatic rings. The van der Waals surface area contributed by atoms with Gasteiger partial charge in [-0.05, 0) is 63.4 Å². The first-order valence-electron chi connectivity index (χ1n) is 15.0. The van der Waals surface area contributed by atoms with Gasteiger partial charge in [-0.25, -0.2) is 9.78 Å². The van der Waals surface area contributed by atoms with Gasteiger partial charge < -0.3 is 34.5 Å². The van der Waals surface area contributed by atoms with Crippen LogP contribution in [0.2, 0.25) is 0 Å². The van der Waals surface area contributed by atoms with Crippen molar-refractivity contribution in [1.29, 1.82) is 0 Å². The van der Waals surface area contributed by atoms with Gasteiger partial charge >= 0.3 is 6.09 Å². The quantitative estimate of drug-likeness (QED) is 0.287. The highest BCUT2D eigenvalue weighted by Gasteiger charge is 2.30. The minimum Gasteiger partial charge on any atom is -0.444 e. The van der Waals surface area contributed by atoms with Crippen LogP contribution in [-0.4, -0.2) is 75.5 Å². The predicted molar refractivity (Wildman–Crippen MR) is 168 cm³/mol. The highest BCUT2D eigenvalue weighted by molar-refractivity contribution is 5.85. The maximum absolute atomic E-state index is 12.9. The van der Waals surface area contributed by atoms with E-state index < -0.39 is 5.60 Å². The van der Waals surface area contributed by atoms with Gasteiger partial charge in [0.15, 0.2) is 17.0 Å². The lowest BCUT2D eigenvalue weighted by Gasteiger charge is -2.34. The summed E-state index contributed by atoms with van der Waals surface area (Å²) in [6.07, 6.45) is 3.31. The fourth-order valence-electron chi connectivity index (χ4n) is 5.52. The summed E-state index contributed by atoms with van der Waals surface area (Å²) < 4.78 is 13.2. The van der Waals surface area contributed by atoms with E-state index in [1.807, 2.05) is 57.4 Å². The zero-order chi connectivity index (χ0) is 29.8. The van der Waals surface area contributed by atoms with Gasteiger partial charge in [-0.2, -0.15) is 9.97 Å². The normalized spacial score (nSPS) is 17.6. The molecule has 11 nitrogen and oxygen atoms in total. The number of morpholine rings is 1.